The highest BCUT2D eigenvalue weighted by molar-refractivity contribution is 9.09. The van der Waals surface area contributed by atoms with E-state index in [-0.39, 0.29) is 18.2 Å². The van der Waals surface area contributed by atoms with Crippen LogP contribution in [0.1, 0.15) is 23.2 Å². The third kappa shape index (κ3) is 6.44. The third-order valence-electron chi connectivity index (χ3n) is 2.12. The van der Waals surface area contributed by atoms with E-state index >= 15 is 0 Å². The number of carbonyl (C=O) groups excluding carboxylic acids is 1. The van der Waals surface area contributed by atoms with Gasteiger partial charge in [-0.25, -0.2) is 0 Å². The summed E-state index contributed by atoms with van der Waals surface area (Å²) < 4.78 is 0. The van der Waals surface area contributed by atoms with Gasteiger partial charge in [-0.05, 0) is 6.42 Å². The van der Waals surface area contributed by atoms with Gasteiger partial charge in [-0.3, -0.25) is 9.79 Å². The van der Waals surface area contributed by atoms with Crippen molar-refractivity contribution in [2.24, 2.45) is 10.7 Å². The topological polar surface area (TPSA) is 55.4 Å². The van der Waals surface area contributed by atoms with Crippen LogP contribution in [0.15, 0.2) is 35.3 Å². The smallest absolute Gasteiger partial charge is 0.173 e. The maximum absolute atomic E-state index is 11.0. The second-order valence-corrected chi connectivity index (χ2v) is 3.96. The Labute approximate surface area is 116 Å². The Bertz CT molecular complexity index is 368. The molecule has 2 N–H and O–H groups in total. The number of alkyl halides is 1. The summed E-state index contributed by atoms with van der Waals surface area (Å²) in [6.45, 7) is 0.950. The number of hydrogen-bond donors (Lipinski definition) is 1. The van der Waals surface area contributed by atoms with Crippen LogP contribution in [0, 0.1) is 0 Å². The summed E-state index contributed by atoms with van der Waals surface area (Å²) in [5, 5.41) is 0.400. The molecule has 0 saturated carbocycles. The van der Waals surface area contributed by atoms with Crippen LogP contribution in [0.3, 0.4) is 0 Å². The maximum atomic E-state index is 11.0. The van der Waals surface area contributed by atoms with E-state index in [1.807, 2.05) is 30.3 Å². The van der Waals surface area contributed by atoms with Crippen LogP contribution >= 0.6 is 28.3 Å². The number of carbonyl (C=O) groups is 1. The number of rotatable bonds is 2. The number of aliphatic imine (C=N–C) groups is 1. The number of hydrogen-bond acceptors (Lipinski definition) is 3. The quantitative estimate of drug-likeness (QED) is 0.673. The van der Waals surface area contributed by atoms with E-state index in [2.05, 4.69) is 20.9 Å². The molecule has 3 nitrogen and oxygen atoms in total. The molecule has 0 aliphatic carbocycles. The van der Waals surface area contributed by atoms with Crippen molar-refractivity contribution >= 4 is 40.0 Å². The normalized spacial score (nSPS) is 12.9. The molecule has 1 aliphatic heterocycles. The summed E-state index contributed by atoms with van der Waals surface area (Å²) in [5.74, 6) is 0.954. The predicted octanol–water partition coefficient (Wildman–Crippen LogP) is 2.82. The molecule has 0 fully saturated rings. The standard InChI is InChI=1S/C8H7BrO.C4H8N2.ClH/c9-6-8(10)7-4-2-1-3-5-7;5-4-2-1-3-6-4;/h1-5H,6H2;1-3H2,(H2,5,6);1H. The van der Waals surface area contributed by atoms with Crippen LogP contribution in [0.25, 0.3) is 0 Å². The number of benzene rings is 1. The van der Waals surface area contributed by atoms with E-state index in [0.29, 0.717) is 5.33 Å². The molecule has 1 aromatic rings. The minimum Gasteiger partial charge on any atom is -0.387 e. The van der Waals surface area contributed by atoms with Gasteiger partial charge in [0.2, 0.25) is 0 Å². The Hall–Kier alpha value is -0.870. The van der Waals surface area contributed by atoms with E-state index in [1.54, 1.807) is 0 Å². The van der Waals surface area contributed by atoms with Crippen molar-refractivity contribution in [3.63, 3.8) is 0 Å². The summed E-state index contributed by atoms with van der Waals surface area (Å²) in [7, 11) is 0. The van der Waals surface area contributed by atoms with Gasteiger partial charge in [0.25, 0.3) is 0 Å². The summed E-state index contributed by atoms with van der Waals surface area (Å²) in [6.07, 6.45) is 2.17. The molecule has 5 heteroatoms. The molecule has 94 valence electrons. The lowest BCUT2D eigenvalue weighted by molar-refractivity contribution is 0.102. The molecule has 0 saturated heterocycles. The molecular weight excluding hydrogens is 304 g/mol. The molecule has 0 amide bonds. The van der Waals surface area contributed by atoms with Gasteiger partial charge >= 0.3 is 0 Å². The minimum absolute atomic E-state index is 0. The SMILES string of the molecule is Cl.NC1=NCCC1.O=C(CBr)c1ccccc1. The molecule has 0 radical (unpaired) electrons. The molecule has 0 spiro atoms. The molecule has 0 unspecified atom stereocenters. The minimum atomic E-state index is 0. The fourth-order valence-corrected chi connectivity index (χ4v) is 1.59. The average molecular weight is 320 g/mol. The zero-order chi connectivity index (χ0) is 11.8. The first-order valence-corrected chi connectivity index (χ1v) is 6.29. The van der Waals surface area contributed by atoms with E-state index in [1.165, 1.54) is 0 Å². The lowest BCUT2D eigenvalue weighted by Crippen LogP contribution is -2.05. The van der Waals surface area contributed by atoms with E-state index in [0.717, 1.165) is 30.8 Å². The van der Waals surface area contributed by atoms with Crippen LogP contribution < -0.4 is 5.73 Å². The highest BCUT2D eigenvalue weighted by Gasteiger charge is 1.99. The van der Waals surface area contributed by atoms with E-state index in [4.69, 9.17) is 5.73 Å². The Morgan fingerprint density at radius 1 is 1.35 bits per heavy atom. The van der Waals surface area contributed by atoms with E-state index in [9.17, 15) is 4.79 Å². The van der Waals surface area contributed by atoms with Gasteiger partial charge in [-0.1, -0.05) is 46.3 Å². The molecule has 1 aliphatic rings. The number of nitrogens with two attached hydrogens (primary N) is 1. The molecule has 0 bridgehead atoms. The Morgan fingerprint density at radius 3 is 2.35 bits per heavy atom. The summed E-state index contributed by atoms with van der Waals surface area (Å²) >= 11 is 3.10. The number of Topliss-reactive ketones (excluding diaryl/α,β-unsaturated/α-hetero) is 1. The van der Waals surface area contributed by atoms with Crippen molar-refractivity contribution in [3.8, 4) is 0 Å². The first-order chi connectivity index (χ1) is 7.74. The van der Waals surface area contributed by atoms with Gasteiger partial charge in [0.05, 0.1) is 11.2 Å². The molecule has 1 heterocycles. The maximum Gasteiger partial charge on any atom is 0.173 e. The molecule has 1 aromatic carbocycles. The summed E-state index contributed by atoms with van der Waals surface area (Å²) in [4.78, 5) is 14.9. The molecule has 17 heavy (non-hydrogen) atoms. The highest BCUT2D eigenvalue weighted by atomic mass is 79.9. The van der Waals surface area contributed by atoms with Gasteiger partial charge < -0.3 is 5.73 Å². The van der Waals surface area contributed by atoms with Crippen LogP contribution in [0.2, 0.25) is 0 Å². The lowest BCUT2D eigenvalue weighted by atomic mass is 10.2. The number of halogens is 2. The summed E-state index contributed by atoms with van der Waals surface area (Å²) in [5.41, 5.74) is 6.05. The molecular formula is C12H16BrClN2O. The van der Waals surface area contributed by atoms with Gasteiger partial charge in [0.15, 0.2) is 5.78 Å². The van der Waals surface area contributed by atoms with Crippen molar-refractivity contribution < 1.29 is 4.79 Å². The van der Waals surface area contributed by atoms with Crippen molar-refractivity contribution in [2.75, 3.05) is 11.9 Å². The Kier molecular flexibility index (Phi) is 8.72. The third-order valence-corrected chi connectivity index (χ3v) is 2.63. The second kappa shape index (κ2) is 9.19. The van der Waals surface area contributed by atoms with Gasteiger partial charge in [0.1, 0.15) is 0 Å². The van der Waals surface area contributed by atoms with Crippen LogP contribution in [-0.4, -0.2) is 23.5 Å². The fourth-order valence-electron chi connectivity index (χ4n) is 1.26. The average Bonchev–Trinajstić information content (AvgIpc) is 2.81. The summed E-state index contributed by atoms with van der Waals surface area (Å²) in [6, 6.07) is 9.23. The Morgan fingerprint density at radius 2 is 2.00 bits per heavy atom. The zero-order valence-corrected chi connectivity index (χ0v) is 11.8. The monoisotopic (exact) mass is 318 g/mol. The van der Waals surface area contributed by atoms with Crippen LogP contribution in [0.5, 0.6) is 0 Å². The molecule has 0 atom stereocenters. The van der Waals surface area contributed by atoms with Crippen molar-refractivity contribution in [1.29, 1.82) is 0 Å². The van der Waals surface area contributed by atoms with Crippen LogP contribution in [0.4, 0.5) is 0 Å². The highest BCUT2D eigenvalue weighted by Crippen LogP contribution is 2.01. The van der Waals surface area contributed by atoms with E-state index < -0.39 is 0 Å². The van der Waals surface area contributed by atoms with Crippen molar-refractivity contribution in [2.45, 2.75) is 12.8 Å². The van der Waals surface area contributed by atoms with Gasteiger partial charge in [0, 0.05) is 18.5 Å². The predicted molar refractivity (Wildman–Crippen MR) is 77.5 cm³/mol. The molecule has 2 rings (SSSR count). The van der Waals surface area contributed by atoms with Gasteiger partial charge in [-0.2, -0.15) is 0 Å². The van der Waals surface area contributed by atoms with Gasteiger partial charge in [-0.15, -0.1) is 12.4 Å². The number of nitrogens with zero attached hydrogens (tertiary/aromatic N) is 1. The second-order valence-electron chi connectivity index (χ2n) is 3.40. The van der Waals surface area contributed by atoms with Crippen LogP contribution in [-0.2, 0) is 0 Å². The largest absolute Gasteiger partial charge is 0.387 e. The first kappa shape index (κ1) is 16.1. The zero-order valence-electron chi connectivity index (χ0n) is 9.43. The Balaban J connectivity index is 0.000000316. The lowest BCUT2D eigenvalue weighted by Gasteiger charge is -1.92. The van der Waals surface area contributed by atoms with Crippen molar-refractivity contribution in [3.05, 3.63) is 35.9 Å². The van der Waals surface area contributed by atoms with Crippen molar-refractivity contribution in [1.82, 2.24) is 0 Å². The molecule has 0 aromatic heterocycles. The fraction of sp³-hybridized carbons (Fsp3) is 0.333. The number of amidine groups is 1. The number of ketones is 1. The first-order valence-electron chi connectivity index (χ1n) is 5.17.